The molecule has 0 radical (unpaired) electrons. The van der Waals surface area contributed by atoms with Crippen molar-refractivity contribution in [3.63, 3.8) is 0 Å². The summed E-state index contributed by atoms with van der Waals surface area (Å²) < 4.78 is 28.4. The Balaban J connectivity index is 1.82. The van der Waals surface area contributed by atoms with Gasteiger partial charge < -0.3 is 10.6 Å². The third kappa shape index (κ3) is 4.07. The normalized spacial score (nSPS) is 20.1. The fourth-order valence-corrected chi connectivity index (χ4v) is 4.65. The zero-order valence-electron chi connectivity index (χ0n) is 18.0. The van der Waals surface area contributed by atoms with Crippen LogP contribution in [-0.4, -0.2) is 11.7 Å². The average molecular weight is 457 g/mol. The van der Waals surface area contributed by atoms with Gasteiger partial charge in [-0.2, -0.15) is 0 Å². The molecule has 1 aliphatic carbocycles. The Hall–Kier alpha value is -2.99. The van der Waals surface area contributed by atoms with E-state index in [4.69, 9.17) is 11.6 Å². The SMILES string of the molecule is CC1=C(C(=O)Nc2c(F)cccc2F)C(c2ccc(Cl)cc2)C2=C(CC(C)(C)CC2=O)N1. The lowest BCUT2D eigenvalue weighted by Gasteiger charge is -2.39. The maximum atomic E-state index is 14.2. The van der Waals surface area contributed by atoms with E-state index in [9.17, 15) is 18.4 Å². The number of anilines is 1. The number of allylic oxidation sites excluding steroid dienone is 3. The summed E-state index contributed by atoms with van der Waals surface area (Å²) in [6.45, 7) is 5.77. The first kappa shape index (κ1) is 22.2. The Kier molecular flexibility index (Phi) is 5.67. The molecule has 1 amide bonds. The van der Waals surface area contributed by atoms with Crippen LogP contribution < -0.4 is 10.6 Å². The third-order valence-corrected chi connectivity index (χ3v) is 6.14. The van der Waals surface area contributed by atoms with Crippen LogP contribution in [0.15, 0.2) is 65.0 Å². The predicted octanol–water partition coefficient (Wildman–Crippen LogP) is 5.86. The number of hydrogen-bond donors (Lipinski definition) is 2. The molecule has 0 aromatic heterocycles. The number of para-hydroxylation sites is 1. The van der Waals surface area contributed by atoms with Gasteiger partial charge in [0.25, 0.3) is 5.91 Å². The van der Waals surface area contributed by atoms with Gasteiger partial charge in [-0.25, -0.2) is 8.78 Å². The number of Topliss-reactive ketones (excluding diaryl/α,β-unsaturated/α-hetero) is 1. The molecule has 166 valence electrons. The van der Waals surface area contributed by atoms with E-state index < -0.39 is 29.1 Å². The monoisotopic (exact) mass is 456 g/mol. The van der Waals surface area contributed by atoms with Gasteiger partial charge in [-0.1, -0.05) is 43.6 Å². The number of halogens is 3. The van der Waals surface area contributed by atoms with E-state index in [0.717, 1.165) is 17.8 Å². The van der Waals surface area contributed by atoms with Crippen LogP contribution in [0, 0.1) is 17.0 Å². The molecule has 0 saturated carbocycles. The van der Waals surface area contributed by atoms with E-state index >= 15 is 0 Å². The highest BCUT2D eigenvalue weighted by Gasteiger charge is 2.42. The topological polar surface area (TPSA) is 58.2 Å². The molecule has 1 aliphatic heterocycles. The fraction of sp³-hybridized carbons (Fsp3) is 0.280. The van der Waals surface area contributed by atoms with Gasteiger partial charge in [0.2, 0.25) is 0 Å². The third-order valence-electron chi connectivity index (χ3n) is 5.89. The van der Waals surface area contributed by atoms with Crippen molar-refractivity contribution in [1.29, 1.82) is 0 Å². The van der Waals surface area contributed by atoms with E-state index in [-0.39, 0.29) is 16.8 Å². The van der Waals surface area contributed by atoms with E-state index in [2.05, 4.69) is 10.6 Å². The lowest BCUT2D eigenvalue weighted by molar-refractivity contribution is -0.118. The number of nitrogens with one attached hydrogen (secondary N) is 2. The van der Waals surface area contributed by atoms with E-state index in [1.54, 1.807) is 31.2 Å². The molecule has 2 N–H and O–H groups in total. The van der Waals surface area contributed by atoms with Gasteiger partial charge in [0.05, 0.1) is 0 Å². The Labute approximate surface area is 190 Å². The summed E-state index contributed by atoms with van der Waals surface area (Å²) in [5.41, 5.74) is 2.02. The van der Waals surface area contributed by atoms with Crippen LogP contribution in [0.1, 0.15) is 45.1 Å². The van der Waals surface area contributed by atoms with Crippen molar-refractivity contribution >= 4 is 29.0 Å². The van der Waals surface area contributed by atoms with Crippen molar-refractivity contribution in [3.8, 4) is 0 Å². The predicted molar refractivity (Wildman–Crippen MR) is 120 cm³/mol. The van der Waals surface area contributed by atoms with Crippen molar-refractivity contribution in [1.82, 2.24) is 5.32 Å². The Morgan fingerprint density at radius 1 is 1.09 bits per heavy atom. The minimum Gasteiger partial charge on any atom is -0.362 e. The lowest BCUT2D eigenvalue weighted by atomic mass is 9.68. The van der Waals surface area contributed by atoms with Gasteiger partial charge in [0.1, 0.15) is 17.3 Å². The Morgan fingerprint density at radius 3 is 2.34 bits per heavy atom. The van der Waals surface area contributed by atoms with Gasteiger partial charge in [-0.3, -0.25) is 9.59 Å². The van der Waals surface area contributed by atoms with E-state index in [0.29, 0.717) is 34.7 Å². The first-order chi connectivity index (χ1) is 15.1. The molecule has 1 heterocycles. The maximum absolute atomic E-state index is 14.2. The molecule has 0 spiro atoms. The number of rotatable bonds is 3. The van der Waals surface area contributed by atoms with E-state index in [1.807, 2.05) is 13.8 Å². The quantitative estimate of drug-likeness (QED) is 0.608. The largest absolute Gasteiger partial charge is 0.362 e. The molecule has 2 aromatic carbocycles. The zero-order valence-corrected chi connectivity index (χ0v) is 18.7. The Morgan fingerprint density at radius 2 is 1.72 bits per heavy atom. The number of dihydropyridines is 1. The molecule has 1 atom stereocenters. The van der Waals surface area contributed by atoms with Gasteiger partial charge in [-0.05, 0) is 48.6 Å². The van der Waals surface area contributed by atoms with Crippen molar-refractivity contribution in [2.45, 2.75) is 39.5 Å². The first-order valence-corrected chi connectivity index (χ1v) is 10.7. The van der Waals surface area contributed by atoms with Gasteiger partial charge in [0.15, 0.2) is 5.78 Å². The van der Waals surface area contributed by atoms with Gasteiger partial charge in [-0.15, -0.1) is 0 Å². The van der Waals surface area contributed by atoms with Crippen LogP contribution in [-0.2, 0) is 9.59 Å². The molecule has 4 nitrogen and oxygen atoms in total. The fourth-order valence-electron chi connectivity index (χ4n) is 4.52. The minimum atomic E-state index is -0.876. The summed E-state index contributed by atoms with van der Waals surface area (Å²) in [6, 6.07) is 10.3. The zero-order chi connectivity index (χ0) is 23.2. The molecule has 0 saturated heterocycles. The lowest BCUT2D eigenvalue weighted by Crippen LogP contribution is -2.39. The van der Waals surface area contributed by atoms with Gasteiger partial charge in [0, 0.05) is 39.9 Å². The smallest absolute Gasteiger partial charge is 0.254 e. The molecular weight excluding hydrogens is 434 g/mol. The standard InChI is InChI=1S/C25H23ClF2N2O2/c1-13-20(24(32)30-23-16(27)5-4-6-17(23)28)21(14-7-9-15(26)10-8-14)22-18(29-13)11-25(2,3)12-19(22)31/h4-10,21,29H,11-12H2,1-3H3,(H,30,32). The van der Waals surface area contributed by atoms with Crippen LogP contribution >= 0.6 is 11.6 Å². The molecule has 2 aromatic rings. The summed E-state index contributed by atoms with van der Waals surface area (Å²) in [5.74, 6) is -3.17. The second-order valence-corrected chi connectivity index (χ2v) is 9.47. The van der Waals surface area contributed by atoms with Crippen LogP contribution in [0.3, 0.4) is 0 Å². The molecule has 32 heavy (non-hydrogen) atoms. The molecule has 2 aliphatic rings. The van der Waals surface area contributed by atoms with Crippen molar-refractivity contribution in [3.05, 3.63) is 87.2 Å². The molecular formula is C25H23ClF2N2O2. The average Bonchev–Trinajstić information content (AvgIpc) is 2.69. The van der Waals surface area contributed by atoms with Crippen molar-refractivity contribution < 1.29 is 18.4 Å². The second kappa shape index (κ2) is 8.17. The highest BCUT2D eigenvalue weighted by Crippen LogP contribution is 2.46. The number of carbonyl (C=O) groups excluding carboxylic acids is 2. The van der Waals surface area contributed by atoms with Crippen molar-refractivity contribution in [2.75, 3.05) is 5.32 Å². The number of amides is 1. The van der Waals surface area contributed by atoms with Crippen LogP contribution in [0.5, 0.6) is 0 Å². The molecule has 0 bridgehead atoms. The Bertz CT molecular complexity index is 1160. The highest BCUT2D eigenvalue weighted by atomic mass is 35.5. The molecule has 7 heteroatoms. The van der Waals surface area contributed by atoms with Crippen molar-refractivity contribution in [2.24, 2.45) is 5.41 Å². The van der Waals surface area contributed by atoms with Crippen LogP contribution in [0.25, 0.3) is 0 Å². The molecule has 0 fully saturated rings. The minimum absolute atomic E-state index is 0.0569. The first-order valence-electron chi connectivity index (χ1n) is 10.3. The van der Waals surface area contributed by atoms with Crippen LogP contribution in [0.4, 0.5) is 14.5 Å². The summed E-state index contributed by atoms with van der Waals surface area (Å²) >= 11 is 6.06. The number of ketones is 1. The summed E-state index contributed by atoms with van der Waals surface area (Å²) in [6.07, 6.45) is 0.986. The summed E-state index contributed by atoms with van der Waals surface area (Å²) in [7, 11) is 0. The maximum Gasteiger partial charge on any atom is 0.254 e. The number of hydrogen-bond acceptors (Lipinski definition) is 3. The number of benzene rings is 2. The van der Waals surface area contributed by atoms with E-state index in [1.165, 1.54) is 6.07 Å². The molecule has 1 unspecified atom stereocenters. The van der Waals surface area contributed by atoms with Gasteiger partial charge >= 0.3 is 0 Å². The summed E-state index contributed by atoms with van der Waals surface area (Å²) in [4.78, 5) is 26.6. The number of carbonyl (C=O) groups is 2. The second-order valence-electron chi connectivity index (χ2n) is 9.03. The summed E-state index contributed by atoms with van der Waals surface area (Å²) in [5, 5.41) is 6.12. The highest BCUT2D eigenvalue weighted by molar-refractivity contribution is 6.30. The van der Waals surface area contributed by atoms with Crippen LogP contribution in [0.2, 0.25) is 5.02 Å². The molecule has 4 rings (SSSR count).